The van der Waals surface area contributed by atoms with Crippen LogP contribution in [-0.4, -0.2) is 33.4 Å². The standard InChI is InChI=1S/C23H24N4O5S/c1-23(2,3)13-8-9-17-15(10-13)20(14-6-4-5-7-16(14)25-17)21(29)32-12-18(28)26-22-24-11-19(33-22)27(30)31/h4-7,11,13H,8-10,12H2,1-3H3,(H,24,26,28). The maximum absolute atomic E-state index is 13.2. The van der Waals surface area contributed by atoms with Gasteiger partial charge in [-0.05, 0) is 53.6 Å². The van der Waals surface area contributed by atoms with Crippen LogP contribution in [0.5, 0.6) is 0 Å². The number of carbonyl (C=O) groups excluding carboxylic acids is 2. The van der Waals surface area contributed by atoms with Gasteiger partial charge < -0.3 is 4.74 Å². The molecular formula is C23H24N4O5S. The van der Waals surface area contributed by atoms with Crippen LogP contribution in [0, 0.1) is 21.4 Å². The van der Waals surface area contributed by atoms with Crippen LogP contribution in [0.4, 0.5) is 10.1 Å². The molecule has 1 N–H and O–H groups in total. The molecule has 4 rings (SSSR count). The Morgan fingerprint density at radius 3 is 2.76 bits per heavy atom. The first kappa shape index (κ1) is 22.8. The summed E-state index contributed by atoms with van der Waals surface area (Å²) in [6.45, 7) is 6.06. The van der Waals surface area contributed by atoms with Crippen molar-refractivity contribution in [2.75, 3.05) is 11.9 Å². The molecule has 0 spiro atoms. The lowest BCUT2D eigenvalue weighted by Crippen LogP contribution is -2.29. The number of fused-ring (bicyclic) bond motifs is 2. The molecule has 2 heterocycles. The Balaban J connectivity index is 1.57. The molecule has 0 radical (unpaired) electrons. The summed E-state index contributed by atoms with van der Waals surface area (Å²) in [5.74, 6) is -0.810. The smallest absolute Gasteiger partial charge is 0.345 e. The van der Waals surface area contributed by atoms with Crippen molar-refractivity contribution in [2.45, 2.75) is 40.0 Å². The number of nitrogens with one attached hydrogen (secondary N) is 1. The molecule has 33 heavy (non-hydrogen) atoms. The van der Waals surface area contributed by atoms with Crippen molar-refractivity contribution >= 4 is 44.2 Å². The molecule has 1 aliphatic rings. The Kier molecular flexibility index (Phi) is 6.11. The second-order valence-corrected chi connectivity index (χ2v) is 10.1. The zero-order chi connectivity index (χ0) is 23.8. The number of rotatable bonds is 5. The van der Waals surface area contributed by atoms with Gasteiger partial charge in [0.1, 0.15) is 6.20 Å². The van der Waals surface area contributed by atoms with E-state index >= 15 is 0 Å². The van der Waals surface area contributed by atoms with Crippen LogP contribution in [0.3, 0.4) is 0 Å². The molecule has 0 bridgehead atoms. The van der Waals surface area contributed by atoms with E-state index in [1.54, 1.807) is 0 Å². The summed E-state index contributed by atoms with van der Waals surface area (Å²) in [6, 6.07) is 7.43. The molecule has 1 atom stereocenters. The molecule has 1 unspecified atom stereocenters. The number of esters is 1. The van der Waals surface area contributed by atoms with Crippen molar-refractivity contribution in [1.29, 1.82) is 0 Å². The van der Waals surface area contributed by atoms with Gasteiger partial charge in [-0.1, -0.05) is 39.0 Å². The van der Waals surface area contributed by atoms with Crippen LogP contribution in [0.25, 0.3) is 10.9 Å². The van der Waals surface area contributed by atoms with Crippen LogP contribution in [0.1, 0.15) is 48.8 Å². The van der Waals surface area contributed by atoms with Gasteiger partial charge in [-0.15, -0.1) is 0 Å². The summed E-state index contributed by atoms with van der Waals surface area (Å²) in [5, 5.41) is 13.8. The Morgan fingerprint density at radius 2 is 2.06 bits per heavy atom. The number of nitrogens with zero attached hydrogens (tertiary/aromatic N) is 3. The first-order valence-corrected chi connectivity index (χ1v) is 11.4. The van der Waals surface area contributed by atoms with E-state index in [1.165, 1.54) is 0 Å². The quantitative estimate of drug-likeness (QED) is 0.331. The van der Waals surface area contributed by atoms with Gasteiger partial charge in [-0.2, -0.15) is 0 Å². The molecule has 2 aromatic heterocycles. The molecule has 1 amide bonds. The monoisotopic (exact) mass is 468 g/mol. The van der Waals surface area contributed by atoms with Crippen LogP contribution in [-0.2, 0) is 22.4 Å². The number of para-hydroxylation sites is 1. The number of pyridine rings is 1. The number of anilines is 1. The molecule has 1 aromatic carbocycles. The van der Waals surface area contributed by atoms with Crippen molar-refractivity contribution in [3.63, 3.8) is 0 Å². The lowest BCUT2D eigenvalue weighted by Gasteiger charge is -2.35. The number of hydrogen-bond donors (Lipinski definition) is 1. The zero-order valence-corrected chi connectivity index (χ0v) is 19.4. The van der Waals surface area contributed by atoms with E-state index < -0.39 is 23.4 Å². The first-order valence-electron chi connectivity index (χ1n) is 10.6. The van der Waals surface area contributed by atoms with Crippen LogP contribution in [0.15, 0.2) is 30.5 Å². The maximum atomic E-state index is 13.2. The number of carbonyl (C=O) groups is 2. The Bertz CT molecular complexity index is 1250. The highest BCUT2D eigenvalue weighted by Gasteiger charge is 2.33. The minimum absolute atomic E-state index is 0.0718. The zero-order valence-electron chi connectivity index (χ0n) is 18.6. The van der Waals surface area contributed by atoms with E-state index in [9.17, 15) is 19.7 Å². The summed E-state index contributed by atoms with van der Waals surface area (Å²) in [5.41, 5.74) is 3.06. The predicted molar refractivity (Wildman–Crippen MR) is 124 cm³/mol. The second-order valence-electron chi connectivity index (χ2n) is 9.12. The Hall–Kier alpha value is -3.40. The van der Waals surface area contributed by atoms with Crippen molar-refractivity contribution in [3.8, 4) is 0 Å². The molecule has 0 saturated carbocycles. The van der Waals surface area contributed by atoms with Gasteiger partial charge in [0.2, 0.25) is 0 Å². The van der Waals surface area contributed by atoms with E-state index in [0.717, 1.165) is 53.6 Å². The van der Waals surface area contributed by atoms with Crippen LogP contribution < -0.4 is 5.32 Å². The SMILES string of the molecule is CC(C)(C)C1CCc2nc3ccccc3c(C(=O)OCC(=O)Nc3ncc([N+](=O)[O-])s3)c2C1. The summed E-state index contributed by atoms with van der Waals surface area (Å²) in [7, 11) is 0. The van der Waals surface area contributed by atoms with Crippen LogP contribution >= 0.6 is 11.3 Å². The lowest BCUT2D eigenvalue weighted by atomic mass is 9.70. The third-order valence-electron chi connectivity index (χ3n) is 5.94. The van der Waals surface area contributed by atoms with Gasteiger partial charge in [-0.3, -0.25) is 25.2 Å². The highest BCUT2D eigenvalue weighted by molar-refractivity contribution is 7.18. The molecule has 172 valence electrons. The molecule has 1 aliphatic carbocycles. The number of nitro groups is 1. The number of hydrogen-bond acceptors (Lipinski definition) is 8. The van der Waals surface area contributed by atoms with Crippen molar-refractivity contribution < 1.29 is 19.2 Å². The van der Waals surface area contributed by atoms with Crippen LogP contribution in [0.2, 0.25) is 0 Å². The van der Waals surface area contributed by atoms with E-state index in [1.807, 2.05) is 24.3 Å². The second kappa shape index (κ2) is 8.86. The third-order valence-corrected chi connectivity index (χ3v) is 6.81. The van der Waals surface area contributed by atoms with Crippen molar-refractivity contribution in [3.05, 3.63) is 57.4 Å². The van der Waals surface area contributed by atoms with E-state index in [0.29, 0.717) is 16.9 Å². The van der Waals surface area contributed by atoms with Gasteiger partial charge in [0, 0.05) is 11.1 Å². The number of aromatic nitrogens is 2. The van der Waals surface area contributed by atoms with E-state index in [-0.39, 0.29) is 15.5 Å². The van der Waals surface area contributed by atoms with Gasteiger partial charge in [0.15, 0.2) is 11.7 Å². The largest absolute Gasteiger partial charge is 0.452 e. The maximum Gasteiger partial charge on any atom is 0.345 e. The average Bonchev–Trinajstić information content (AvgIpc) is 3.23. The van der Waals surface area contributed by atoms with Gasteiger partial charge >= 0.3 is 11.0 Å². The molecule has 0 aliphatic heterocycles. The molecular weight excluding hydrogens is 444 g/mol. The fourth-order valence-corrected chi connectivity index (χ4v) is 4.78. The highest BCUT2D eigenvalue weighted by atomic mass is 32.1. The average molecular weight is 469 g/mol. The lowest BCUT2D eigenvalue weighted by molar-refractivity contribution is -0.380. The first-order chi connectivity index (χ1) is 15.6. The molecule has 10 heteroatoms. The number of benzene rings is 1. The summed E-state index contributed by atoms with van der Waals surface area (Å²) in [4.78, 5) is 44.2. The Labute approximate surface area is 194 Å². The fraction of sp³-hybridized carbons (Fsp3) is 0.391. The van der Waals surface area contributed by atoms with Crippen molar-refractivity contribution in [1.82, 2.24) is 9.97 Å². The summed E-state index contributed by atoms with van der Waals surface area (Å²) < 4.78 is 5.38. The predicted octanol–water partition coefficient (Wildman–Crippen LogP) is 4.55. The third kappa shape index (κ3) is 4.85. The number of ether oxygens (including phenoxy) is 1. The fourth-order valence-electron chi connectivity index (χ4n) is 4.13. The molecule has 9 nitrogen and oxygen atoms in total. The topological polar surface area (TPSA) is 124 Å². The van der Waals surface area contributed by atoms with Gasteiger partial charge in [-0.25, -0.2) is 9.78 Å². The van der Waals surface area contributed by atoms with Crippen molar-refractivity contribution in [2.24, 2.45) is 11.3 Å². The highest BCUT2D eigenvalue weighted by Crippen LogP contribution is 2.39. The molecule has 3 aromatic rings. The minimum atomic E-state index is -0.618. The summed E-state index contributed by atoms with van der Waals surface area (Å²) in [6.07, 6.45) is 3.56. The molecule has 0 fully saturated rings. The molecule has 0 saturated heterocycles. The minimum Gasteiger partial charge on any atom is -0.452 e. The normalized spacial score (nSPS) is 15.7. The Morgan fingerprint density at radius 1 is 1.30 bits per heavy atom. The number of aryl methyl sites for hydroxylation is 1. The van der Waals surface area contributed by atoms with E-state index in [2.05, 4.69) is 31.1 Å². The summed E-state index contributed by atoms with van der Waals surface area (Å²) >= 11 is 0.732. The number of amides is 1. The van der Waals surface area contributed by atoms with E-state index in [4.69, 9.17) is 9.72 Å². The number of thiazole rings is 1. The van der Waals surface area contributed by atoms with Gasteiger partial charge in [0.05, 0.1) is 16.0 Å². The van der Waals surface area contributed by atoms with Gasteiger partial charge in [0.25, 0.3) is 5.91 Å².